The molecule has 5 heteroatoms. The van der Waals surface area contributed by atoms with Crippen LogP contribution in [0.25, 0.3) is 11.3 Å². The molecule has 2 amide bonds. The number of carbonyl (C=O) groups excluding carboxylic acids is 2. The average molecular weight is 322 g/mol. The number of hydrogen-bond acceptors (Lipinski definition) is 3. The Kier molecular flexibility index (Phi) is 3.85. The summed E-state index contributed by atoms with van der Waals surface area (Å²) in [7, 11) is 0. The highest BCUT2D eigenvalue weighted by Gasteiger charge is 2.14. The Bertz CT molecular complexity index is 646. The highest BCUT2D eigenvalue weighted by atomic mass is 79.9. The average Bonchev–Trinajstić information content (AvgIpc) is 2.77. The van der Waals surface area contributed by atoms with Crippen molar-refractivity contribution in [2.24, 2.45) is 0 Å². The summed E-state index contributed by atoms with van der Waals surface area (Å²) in [6.07, 6.45) is 0. The fraction of sp³-hybridized carbons (Fsp3) is 0.143. The molecule has 0 saturated heterocycles. The first-order valence-corrected chi connectivity index (χ1v) is 6.45. The zero-order valence-corrected chi connectivity index (χ0v) is 12.1. The molecule has 0 aliphatic carbocycles. The molecule has 1 N–H and O–H groups in total. The molecule has 0 spiro atoms. The van der Waals surface area contributed by atoms with E-state index in [1.54, 1.807) is 12.1 Å². The molecule has 0 fully saturated rings. The van der Waals surface area contributed by atoms with Crippen LogP contribution in [0.4, 0.5) is 0 Å². The number of aryl methyl sites for hydroxylation is 1. The van der Waals surface area contributed by atoms with Crippen molar-refractivity contribution in [3.63, 3.8) is 0 Å². The molecule has 0 bridgehead atoms. The summed E-state index contributed by atoms with van der Waals surface area (Å²) in [5, 5.41) is 2.17. The van der Waals surface area contributed by atoms with Crippen LogP contribution in [0.15, 0.2) is 39.2 Å². The van der Waals surface area contributed by atoms with Crippen molar-refractivity contribution in [1.82, 2.24) is 5.32 Å². The largest absolute Gasteiger partial charge is 0.451 e. The van der Waals surface area contributed by atoms with Crippen LogP contribution in [0, 0.1) is 6.92 Å². The molecule has 0 saturated carbocycles. The molecule has 0 aliphatic rings. The highest BCUT2D eigenvalue weighted by Crippen LogP contribution is 2.27. The topological polar surface area (TPSA) is 59.3 Å². The molecule has 2 rings (SSSR count). The van der Waals surface area contributed by atoms with E-state index in [1.807, 2.05) is 25.1 Å². The molecule has 98 valence electrons. The van der Waals surface area contributed by atoms with E-state index in [2.05, 4.69) is 21.2 Å². The molecular formula is C14H12BrNO3. The molecule has 0 atom stereocenters. The molecule has 0 aliphatic heterocycles. The van der Waals surface area contributed by atoms with Crippen LogP contribution < -0.4 is 5.32 Å². The number of hydrogen-bond donors (Lipinski definition) is 1. The molecule has 19 heavy (non-hydrogen) atoms. The minimum atomic E-state index is -0.534. The maximum atomic E-state index is 11.6. The minimum absolute atomic E-state index is 0.118. The second kappa shape index (κ2) is 5.40. The quantitative estimate of drug-likeness (QED) is 0.923. The number of nitrogens with one attached hydrogen (secondary N) is 1. The maximum Gasteiger partial charge on any atom is 0.293 e. The lowest BCUT2D eigenvalue weighted by molar-refractivity contribution is -0.118. The third kappa shape index (κ3) is 3.12. The predicted molar refractivity (Wildman–Crippen MR) is 74.7 cm³/mol. The Morgan fingerprint density at radius 3 is 2.58 bits per heavy atom. The van der Waals surface area contributed by atoms with E-state index in [1.165, 1.54) is 6.92 Å². The van der Waals surface area contributed by atoms with Gasteiger partial charge in [-0.2, -0.15) is 0 Å². The normalized spacial score (nSPS) is 10.3. The lowest BCUT2D eigenvalue weighted by atomic mass is 10.1. The van der Waals surface area contributed by atoms with Crippen molar-refractivity contribution >= 4 is 27.7 Å². The van der Waals surface area contributed by atoms with Gasteiger partial charge in [-0.15, -0.1) is 0 Å². The fourth-order valence-corrected chi connectivity index (χ4v) is 2.21. The van der Waals surface area contributed by atoms with Crippen LogP contribution >= 0.6 is 15.9 Å². The number of carbonyl (C=O) groups is 2. The number of benzene rings is 1. The van der Waals surface area contributed by atoms with Crippen molar-refractivity contribution in [2.75, 3.05) is 0 Å². The van der Waals surface area contributed by atoms with Crippen LogP contribution in [-0.4, -0.2) is 11.8 Å². The highest BCUT2D eigenvalue weighted by molar-refractivity contribution is 9.10. The van der Waals surface area contributed by atoms with Gasteiger partial charge in [-0.3, -0.25) is 14.9 Å². The van der Waals surface area contributed by atoms with Gasteiger partial charge in [-0.05, 0) is 42.8 Å². The Hall–Kier alpha value is -1.88. The van der Waals surface area contributed by atoms with Gasteiger partial charge in [-0.25, -0.2) is 0 Å². The maximum absolute atomic E-state index is 11.6. The van der Waals surface area contributed by atoms with Gasteiger partial charge in [0.2, 0.25) is 5.91 Å². The summed E-state index contributed by atoms with van der Waals surface area (Å²) in [5.74, 6) is -0.234. The first-order chi connectivity index (χ1) is 8.97. The van der Waals surface area contributed by atoms with Crippen LogP contribution in [-0.2, 0) is 4.79 Å². The van der Waals surface area contributed by atoms with Crippen LogP contribution in [0.1, 0.15) is 23.0 Å². The summed E-state index contributed by atoms with van der Waals surface area (Å²) in [6.45, 7) is 3.23. The molecule has 4 nitrogen and oxygen atoms in total. The van der Waals surface area contributed by atoms with Gasteiger partial charge in [0.1, 0.15) is 5.76 Å². The van der Waals surface area contributed by atoms with Gasteiger partial charge in [0, 0.05) is 17.0 Å². The Morgan fingerprint density at radius 1 is 1.21 bits per heavy atom. The Labute approximate surface area is 118 Å². The lowest BCUT2D eigenvalue weighted by Crippen LogP contribution is -2.27. The third-order valence-electron chi connectivity index (χ3n) is 2.57. The number of rotatable bonds is 2. The van der Waals surface area contributed by atoms with E-state index in [4.69, 9.17) is 4.42 Å². The number of imide groups is 1. The fourth-order valence-electron chi connectivity index (χ4n) is 1.73. The van der Waals surface area contributed by atoms with Gasteiger partial charge < -0.3 is 4.42 Å². The SMILES string of the molecule is CC(=O)NC(=O)c1ccc(-c2ccc(Br)cc2C)o1. The van der Waals surface area contributed by atoms with Gasteiger partial charge in [0.25, 0.3) is 5.91 Å². The van der Waals surface area contributed by atoms with Crippen LogP contribution in [0.5, 0.6) is 0 Å². The zero-order chi connectivity index (χ0) is 14.0. The first kappa shape index (κ1) is 13.5. The van der Waals surface area contributed by atoms with Gasteiger partial charge in [-0.1, -0.05) is 15.9 Å². The minimum Gasteiger partial charge on any atom is -0.451 e. The summed E-state index contributed by atoms with van der Waals surface area (Å²) >= 11 is 3.39. The Balaban J connectivity index is 2.30. The second-order valence-corrected chi connectivity index (χ2v) is 5.05. The van der Waals surface area contributed by atoms with E-state index in [0.29, 0.717) is 5.76 Å². The van der Waals surface area contributed by atoms with E-state index < -0.39 is 11.8 Å². The zero-order valence-electron chi connectivity index (χ0n) is 10.5. The van der Waals surface area contributed by atoms with E-state index in [9.17, 15) is 9.59 Å². The van der Waals surface area contributed by atoms with Crippen molar-refractivity contribution in [2.45, 2.75) is 13.8 Å². The number of amides is 2. The summed E-state index contributed by atoms with van der Waals surface area (Å²) in [6, 6.07) is 9.04. The summed E-state index contributed by atoms with van der Waals surface area (Å²) in [5.41, 5.74) is 1.94. The van der Waals surface area contributed by atoms with Crippen LogP contribution in [0.3, 0.4) is 0 Å². The lowest BCUT2D eigenvalue weighted by Gasteiger charge is -2.03. The summed E-state index contributed by atoms with van der Waals surface area (Å²) < 4.78 is 6.45. The van der Waals surface area contributed by atoms with Gasteiger partial charge >= 0.3 is 0 Å². The van der Waals surface area contributed by atoms with E-state index in [-0.39, 0.29) is 5.76 Å². The third-order valence-corrected chi connectivity index (χ3v) is 3.07. The molecule has 2 aromatic rings. The number of halogens is 1. The second-order valence-electron chi connectivity index (χ2n) is 4.13. The van der Waals surface area contributed by atoms with Gasteiger partial charge in [0.05, 0.1) is 0 Å². The Morgan fingerprint density at radius 2 is 1.95 bits per heavy atom. The smallest absolute Gasteiger partial charge is 0.293 e. The molecule has 0 radical (unpaired) electrons. The number of furan rings is 1. The first-order valence-electron chi connectivity index (χ1n) is 5.65. The molecule has 1 aromatic carbocycles. The van der Waals surface area contributed by atoms with E-state index >= 15 is 0 Å². The van der Waals surface area contributed by atoms with Gasteiger partial charge in [0.15, 0.2) is 5.76 Å². The predicted octanol–water partition coefficient (Wildman–Crippen LogP) is 3.29. The van der Waals surface area contributed by atoms with Crippen molar-refractivity contribution in [3.8, 4) is 11.3 Å². The van der Waals surface area contributed by atoms with E-state index in [0.717, 1.165) is 15.6 Å². The summed E-state index contributed by atoms with van der Waals surface area (Å²) in [4.78, 5) is 22.4. The monoisotopic (exact) mass is 321 g/mol. The van der Waals surface area contributed by atoms with Crippen molar-refractivity contribution < 1.29 is 14.0 Å². The van der Waals surface area contributed by atoms with Crippen molar-refractivity contribution in [3.05, 3.63) is 46.1 Å². The molecule has 0 unspecified atom stereocenters. The molecule has 1 aromatic heterocycles. The van der Waals surface area contributed by atoms with Crippen LogP contribution in [0.2, 0.25) is 0 Å². The standard InChI is InChI=1S/C14H12BrNO3/c1-8-7-10(15)3-4-11(8)12-5-6-13(19-12)14(18)16-9(2)17/h3-7H,1-2H3,(H,16,17,18). The van der Waals surface area contributed by atoms with Crippen molar-refractivity contribution in [1.29, 1.82) is 0 Å². The molecule has 1 heterocycles. The molecular weight excluding hydrogens is 310 g/mol.